The van der Waals surface area contributed by atoms with E-state index in [1.165, 1.54) is 44.8 Å². The maximum absolute atomic E-state index is 15.3. The van der Waals surface area contributed by atoms with Gasteiger partial charge >= 0.3 is 0 Å². The molecule has 2 unspecified atom stereocenters. The van der Waals surface area contributed by atoms with Gasteiger partial charge in [-0.3, -0.25) is 0 Å². The van der Waals surface area contributed by atoms with Crippen LogP contribution in [0.1, 0.15) is 132 Å². The van der Waals surface area contributed by atoms with Gasteiger partial charge in [0.1, 0.15) is 16.9 Å². The Hall–Kier alpha value is -3.32. The van der Waals surface area contributed by atoms with E-state index < -0.39 is 0 Å². The Morgan fingerprint density at radius 2 is 1.88 bits per heavy atom. The van der Waals surface area contributed by atoms with Crippen molar-refractivity contribution in [3.8, 4) is 6.07 Å². The highest BCUT2D eigenvalue weighted by atomic mass is 32.1. The van der Waals surface area contributed by atoms with Crippen molar-refractivity contribution >= 4 is 44.6 Å². The van der Waals surface area contributed by atoms with E-state index in [2.05, 4.69) is 71.4 Å². The molecule has 3 aromatic rings. The van der Waals surface area contributed by atoms with Crippen molar-refractivity contribution in [2.24, 2.45) is 5.92 Å². The summed E-state index contributed by atoms with van der Waals surface area (Å²) in [4.78, 5) is 15.1. The van der Waals surface area contributed by atoms with Crippen molar-refractivity contribution in [1.82, 2.24) is 14.9 Å². The highest BCUT2D eigenvalue weighted by molar-refractivity contribution is 7.17. The number of halogens is 1. The molecule has 0 saturated carbocycles. The molecule has 0 bridgehead atoms. The van der Waals surface area contributed by atoms with E-state index in [1.807, 2.05) is 6.20 Å². The zero-order chi connectivity index (χ0) is 35.8. The normalized spacial score (nSPS) is 18.1. The molecule has 7 nitrogen and oxygen atoms in total. The summed E-state index contributed by atoms with van der Waals surface area (Å²) in [5.41, 5.74) is 14.3. The molecule has 2 aromatic heterocycles. The number of rotatable bonds is 12. The smallest absolute Gasteiger partial charge is 0.226 e. The van der Waals surface area contributed by atoms with Crippen LogP contribution in [-0.2, 0) is 24.4 Å². The first kappa shape index (κ1) is 38.5. The number of aromatic nitrogens is 2. The average Bonchev–Trinajstić information content (AvgIpc) is 3.81. The first-order valence-electron chi connectivity index (χ1n) is 18.3. The third-order valence-electron chi connectivity index (χ3n) is 10.3. The molecule has 0 amide bonds. The second-order valence-corrected chi connectivity index (χ2v) is 14.7. The number of nitrogens with two attached hydrogens (primary N) is 1. The van der Waals surface area contributed by atoms with E-state index in [0.29, 0.717) is 52.6 Å². The molecule has 0 radical (unpaired) electrons. The van der Waals surface area contributed by atoms with E-state index in [0.717, 1.165) is 81.0 Å². The summed E-state index contributed by atoms with van der Waals surface area (Å²) in [5.74, 6) is 0.946. The molecule has 2 atom stereocenters. The number of thiophene rings is 1. The quantitative estimate of drug-likeness (QED) is 0.189. The maximum Gasteiger partial charge on any atom is 0.226 e. The van der Waals surface area contributed by atoms with Crippen LogP contribution in [0.3, 0.4) is 0 Å². The average molecular weight is 689 g/mol. The third-order valence-corrected chi connectivity index (χ3v) is 11.3. The molecule has 1 saturated heterocycles. The van der Waals surface area contributed by atoms with Gasteiger partial charge in [0.15, 0.2) is 0 Å². The highest BCUT2D eigenvalue weighted by Crippen LogP contribution is 2.48. The Kier molecular flexibility index (Phi) is 13.8. The maximum atomic E-state index is 15.3. The van der Waals surface area contributed by atoms with E-state index in [9.17, 15) is 5.26 Å². The summed E-state index contributed by atoms with van der Waals surface area (Å²) in [6.45, 7) is 21.3. The number of nitrogen functional groups attached to an aromatic ring is 1. The Balaban J connectivity index is 0.000000471. The predicted octanol–water partition coefficient (Wildman–Crippen LogP) is 10.1. The van der Waals surface area contributed by atoms with Gasteiger partial charge in [0, 0.05) is 29.7 Å². The predicted molar refractivity (Wildman–Crippen MR) is 206 cm³/mol. The van der Waals surface area contributed by atoms with Gasteiger partial charge in [0.05, 0.1) is 29.2 Å². The van der Waals surface area contributed by atoms with Crippen LogP contribution in [0.5, 0.6) is 0 Å². The number of fused-ring (bicyclic) bond motifs is 3. The summed E-state index contributed by atoms with van der Waals surface area (Å²) < 4.78 is 21.4. The topological polar surface area (TPSA) is 91.3 Å². The van der Waals surface area contributed by atoms with Gasteiger partial charge < -0.3 is 20.3 Å². The van der Waals surface area contributed by atoms with Gasteiger partial charge in [-0.1, -0.05) is 59.1 Å². The van der Waals surface area contributed by atoms with Crippen LogP contribution in [0.25, 0.3) is 22.3 Å². The van der Waals surface area contributed by atoms with Crippen molar-refractivity contribution in [1.29, 1.82) is 5.26 Å². The molecule has 0 spiro atoms. The van der Waals surface area contributed by atoms with Crippen molar-refractivity contribution in [2.75, 3.05) is 37.3 Å². The number of aryl methyl sites for hydroxylation is 1. The van der Waals surface area contributed by atoms with Crippen LogP contribution in [0, 0.1) is 17.2 Å². The molecule has 1 fully saturated rings. The monoisotopic (exact) mass is 688 g/mol. The standard InChI is InChI=1S/C31H36FN5OS.C9H21N/c1-7-16(4)25(27-20(12-33)30(34)39-29(27)24(32)9-3)26-19(8-2)28-21(22-14-38-15-23(22)26)13-35-31(36-28)37-11-10-17(5)18(37)6;1-4-6-7-9-10(3)8-5-2/h9,13,17-18H,7-8,10-11,14-15,34H2,1-6H3;4-9H2,1-3H3/b24-9+,25-16+;. The van der Waals surface area contributed by atoms with Crippen molar-refractivity contribution in [3.63, 3.8) is 0 Å². The molecule has 0 aliphatic carbocycles. The fourth-order valence-electron chi connectivity index (χ4n) is 7.13. The lowest BCUT2D eigenvalue weighted by atomic mass is 9.81. The van der Waals surface area contributed by atoms with Crippen molar-refractivity contribution in [2.45, 2.75) is 120 Å². The summed E-state index contributed by atoms with van der Waals surface area (Å²) in [7, 11) is 2.21. The molecule has 2 aliphatic rings. The van der Waals surface area contributed by atoms with Gasteiger partial charge in [0.25, 0.3) is 0 Å². The van der Waals surface area contributed by atoms with Gasteiger partial charge in [-0.05, 0) is 107 Å². The number of nitriles is 1. The highest BCUT2D eigenvalue weighted by Gasteiger charge is 2.33. The number of benzene rings is 1. The molecule has 5 rings (SSSR count). The number of ether oxygens (including phenoxy) is 1. The number of unbranched alkanes of at least 4 members (excludes halogenated alkanes) is 2. The van der Waals surface area contributed by atoms with Crippen LogP contribution in [-0.4, -0.2) is 47.6 Å². The molecule has 266 valence electrons. The first-order chi connectivity index (χ1) is 23.6. The molecule has 49 heavy (non-hydrogen) atoms. The third kappa shape index (κ3) is 8.03. The minimum atomic E-state index is -0.377. The van der Waals surface area contributed by atoms with Crippen LogP contribution in [0.2, 0.25) is 0 Å². The van der Waals surface area contributed by atoms with Gasteiger partial charge in [-0.25, -0.2) is 14.4 Å². The number of nitrogens with zero attached hydrogens (tertiary/aromatic N) is 5. The van der Waals surface area contributed by atoms with Crippen LogP contribution in [0.4, 0.5) is 15.3 Å². The number of anilines is 2. The molecule has 4 heterocycles. The van der Waals surface area contributed by atoms with E-state index in [-0.39, 0.29) is 5.83 Å². The lowest BCUT2D eigenvalue weighted by molar-refractivity contribution is 0.135. The fourth-order valence-corrected chi connectivity index (χ4v) is 8.12. The molecule has 2 N–H and O–H groups in total. The second kappa shape index (κ2) is 17.6. The lowest BCUT2D eigenvalue weighted by Gasteiger charge is -2.25. The van der Waals surface area contributed by atoms with Crippen LogP contribution in [0.15, 0.2) is 17.8 Å². The zero-order valence-corrected chi connectivity index (χ0v) is 32.1. The SMILES string of the molecule is C/C=C(/F)c1sc(N)c(C#N)c1/C(=C(\C)CC)c1c2c(c3cnc(N4CCC(C)C4C)nc3c1CC)COC2.CCCCCN(C)CCC. The van der Waals surface area contributed by atoms with Crippen LogP contribution < -0.4 is 10.6 Å². The minimum Gasteiger partial charge on any atom is -0.389 e. The fraction of sp³-hybridized carbons (Fsp3) is 0.575. The van der Waals surface area contributed by atoms with Crippen molar-refractivity contribution < 1.29 is 9.13 Å². The van der Waals surface area contributed by atoms with Gasteiger partial charge in [-0.15, -0.1) is 11.3 Å². The van der Waals surface area contributed by atoms with Gasteiger partial charge in [0.2, 0.25) is 5.95 Å². The Bertz CT molecular complexity index is 1720. The Labute approximate surface area is 298 Å². The summed E-state index contributed by atoms with van der Waals surface area (Å²) in [5, 5.41) is 11.5. The van der Waals surface area contributed by atoms with Crippen molar-refractivity contribution in [3.05, 3.63) is 56.1 Å². The summed E-state index contributed by atoms with van der Waals surface area (Å²) in [6, 6.07) is 2.65. The van der Waals surface area contributed by atoms with Gasteiger partial charge in [-0.2, -0.15) is 5.26 Å². The molecular formula is C40H57FN6OS. The molecule has 2 aliphatic heterocycles. The molecule has 1 aromatic carbocycles. The number of hydrogen-bond donors (Lipinski definition) is 1. The van der Waals surface area contributed by atoms with E-state index in [4.69, 9.17) is 20.4 Å². The Morgan fingerprint density at radius 1 is 1.14 bits per heavy atom. The summed E-state index contributed by atoms with van der Waals surface area (Å²) >= 11 is 1.13. The summed E-state index contributed by atoms with van der Waals surface area (Å²) in [6.07, 6.45) is 11.3. The zero-order valence-electron chi connectivity index (χ0n) is 31.3. The lowest BCUT2D eigenvalue weighted by Crippen LogP contribution is -2.30. The van der Waals surface area contributed by atoms with E-state index >= 15 is 4.39 Å². The largest absolute Gasteiger partial charge is 0.389 e. The second-order valence-electron chi connectivity index (χ2n) is 13.6. The first-order valence-corrected chi connectivity index (χ1v) is 19.1. The minimum absolute atomic E-state index is 0.327. The number of allylic oxidation sites excluding steroid dienone is 2. The Morgan fingerprint density at radius 3 is 2.47 bits per heavy atom. The van der Waals surface area contributed by atoms with E-state index in [1.54, 1.807) is 6.92 Å². The van der Waals surface area contributed by atoms with Crippen LogP contribution >= 0.6 is 11.3 Å². The number of hydrogen-bond acceptors (Lipinski definition) is 8. The molecular weight excluding hydrogens is 632 g/mol. The molecule has 9 heteroatoms.